The molecule has 1 fully saturated rings. The lowest BCUT2D eigenvalue weighted by Crippen LogP contribution is -2.36. The van der Waals surface area contributed by atoms with Crippen molar-refractivity contribution in [3.63, 3.8) is 0 Å². The molecule has 1 N–H and O–H groups in total. The second-order valence-electron chi connectivity index (χ2n) is 9.01. The molecule has 1 aliphatic heterocycles. The Morgan fingerprint density at radius 2 is 1.95 bits per heavy atom. The Balaban J connectivity index is 1.23. The predicted octanol–water partition coefficient (Wildman–Crippen LogP) is 6.24. The number of oxime groups is 1. The van der Waals surface area contributed by atoms with E-state index in [1.54, 1.807) is 7.11 Å². The van der Waals surface area contributed by atoms with Gasteiger partial charge in [0.05, 0.1) is 47.6 Å². The maximum atomic E-state index is 6.45. The van der Waals surface area contributed by atoms with Crippen molar-refractivity contribution >= 4 is 50.7 Å². The van der Waals surface area contributed by atoms with Gasteiger partial charge < -0.3 is 24.0 Å². The molecule has 0 unspecified atom stereocenters. The van der Waals surface area contributed by atoms with Gasteiger partial charge in [-0.15, -0.1) is 0 Å². The molecule has 9 heteroatoms. The number of hydrogen-bond donors (Lipinski definition) is 1. The summed E-state index contributed by atoms with van der Waals surface area (Å²) in [6.45, 7) is 7.37. The summed E-state index contributed by atoms with van der Waals surface area (Å²) in [7, 11) is 1.63. The quantitative estimate of drug-likeness (QED) is 0.150. The molecule has 0 bridgehead atoms. The zero-order valence-corrected chi connectivity index (χ0v) is 21.9. The fourth-order valence-electron chi connectivity index (χ4n) is 4.41. The van der Waals surface area contributed by atoms with Crippen LogP contribution in [-0.2, 0) is 9.57 Å². The van der Waals surface area contributed by atoms with E-state index in [4.69, 9.17) is 30.3 Å². The van der Waals surface area contributed by atoms with Crippen LogP contribution in [-0.4, -0.2) is 62.2 Å². The van der Waals surface area contributed by atoms with Crippen molar-refractivity contribution in [1.29, 1.82) is 0 Å². The smallest absolute Gasteiger partial charge is 0.230 e. The van der Waals surface area contributed by atoms with Crippen molar-refractivity contribution in [2.24, 2.45) is 5.16 Å². The van der Waals surface area contributed by atoms with Crippen LogP contribution in [0.15, 0.2) is 58.3 Å². The maximum absolute atomic E-state index is 6.45. The van der Waals surface area contributed by atoms with Crippen LogP contribution in [0.5, 0.6) is 5.75 Å². The fraction of sp³-hybridized carbons (Fsp3) is 0.357. The molecule has 0 atom stereocenters. The summed E-state index contributed by atoms with van der Waals surface area (Å²) in [5, 5.41) is 9.97. The number of benzene rings is 2. The van der Waals surface area contributed by atoms with Gasteiger partial charge in [0.1, 0.15) is 18.6 Å². The minimum absolute atomic E-state index is 0.468. The highest BCUT2D eigenvalue weighted by Crippen LogP contribution is 2.39. The number of fused-ring (bicyclic) bond motifs is 2. The highest BCUT2D eigenvalue weighted by Gasteiger charge is 2.16. The van der Waals surface area contributed by atoms with Crippen LogP contribution in [0.25, 0.3) is 22.0 Å². The molecule has 1 aliphatic rings. The van der Waals surface area contributed by atoms with E-state index in [0.29, 0.717) is 17.3 Å². The zero-order valence-electron chi connectivity index (χ0n) is 21.1. The number of morpholine rings is 1. The van der Waals surface area contributed by atoms with Gasteiger partial charge in [-0.2, -0.15) is 0 Å². The second kappa shape index (κ2) is 11.8. The molecule has 8 nitrogen and oxygen atoms in total. The van der Waals surface area contributed by atoms with Gasteiger partial charge in [-0.3, -0.25) is 4.90 Å². The lowest BCUT2D eigenvalue weighted by molar-refractivity contribution is 0.0358. The lowest BCUT2D eigenvalue weighted by Gasteiger charge is -2.26. The number of nitrogens with zero attached hydrogens (tertiary/aromatic N) is 3. The van der Waals surface area contributed by atoms with E-state index < -0.39 is 0 Å². The summed E-state index contributed by atoms with van der Waals surface area (Å²) in [5.41, 5.74) is 4.79. The van der Waals surface area contributed by atoms with Crippen LogP contribution in [0, 0.1) is 0 Å². The maximum Gasteiger partial charge on any atom is 0.230 e. The van der Waals surface area contributed by atoms with Crippen molar-refractivity contribution in [3.05, 3.63) is 59.3 Å². The van der Waals surface area contributed by atoms with E-state index >= 15 is 0 Å². The van der Waals surface area contributed by atoms with Gasteiger partial charge in [0, 0.05) is 30.2 Å². The summed E-state index contributed by atoms with van der Waals surface area (Å²) in [6, 6.07) is 13.8. The van der Waals surface area contributed by atoms with Gasteiger partial charge >= 0.3 is 0 Å². The van der Waals surface area contributed by atoms with Crippen LogP contribution in [0.3, 0.4) is 0 Å². The summed E-state index contributed by atoms with van der Waals surface area (Å²) in [5.74, 6) is 0.724. The Kier molecular flexibility index (Phi) is 8.08. The number of ether oxygens (including phenoxy) is 2. The van der Waals surface area contributed by atoms with Crippen molar-refractivity contribution in [2.75, 3.05) is 51.9 Å². The van der Waals surface area contributed by atoms with Crippen LogP contribution in [0.2, 0.25) is 5.02 Å². The Hall–Kier alpha value is -3.33. The van der Waals surface area contributed by atoms with Crippen LogP contribution < -0.4 is 10.1 Å². The second-order valence-corrected chi connectivity index (χ2v) is 9.41. The van der Waals surface area contributed by atoms with Crippen LogP contribution >= 0.6 is 11.6 Å². The normalized spacial score (nSPS) is 14.8. The first-order valence-electron chi connectivity index (χ1n) is 12.5. The Morgan fingerprint density at radius 1 is 1.14 bits per heavy atom. The highest BCUT2D eigenvalue weighted by molar-refractivity contribution is 6.37. The molecular weight excluding hydrogens is 492 g/mol. The number of pyridine rings is 1. The minimum Gasteiger partial charge on any atom is -0.497 e. The Labute approximate surface area is 221 Å². The number of anilines is 2. The summed E-state index contributed by atoms with van der Waals surface area (Å²) in [6.07, 6.45) is 3.58. The molecule has 0 amide bonds. The first kappa shape index (κ1) is 25.3. The van der Waals surface area contributed by atoms with Gasteiger partial charge in [0.15, 0.2) is 0 Å². The number of hydrogen-bond acceptors (Lipinski definition) is 8. The third kappa shape index (κ3) is 5.98. The van der Waals surface area contributed by atoms with Crippen LogP contribution in [0.1, 0.15) is 25.3 Å². The summed E-state index contributed by atoms with van der Waals surface area (Å²) >= 11 is 6.45. The Bertz CT molecular complexity index is 1380. The van der Waals surface area contributed by atoms with Gasteiger partial charge in [-0.05, 0) is 56.1 Å². The molecule has 0 spiro atoms. The number of aromatic nitrogens is 1. The van der Waals surface area contributed by atoms with E-state index in [1.165, 1.54) is 6.26 Å². The van der Waals surface area contributed by atoms with Gasteiger partial charge in [0.2, 0.25) is 5.71 Å². The van der Waals surface area contributed by atoms with Gasteiger partial charge in [-0.25, -0.2) is 4.98 Å². The van der Waals surface area contributed by atoms with E-state index in [9.17, 15) is 0 Å². The van der Waals surface area contributed by atoms with E-state index in [2.05, 4.69) is 20.4 Å². The number of nitrogens with one attached hydrogen (secondary N) is 1. The van der Waals surface area contributed by atoms with Gasteiger partial charge in [0.25, 0.3) is 0 Å². The van der Waals surface area contributed by atoms with E-state index in [0.717, 1.165) is 90.4 Å². The summed E-state index contributed by atoms with van der Waals surface area (Å²) in [4.78, 5) is 12.6. The number of halogens is 1. The topological polar surface area (TPSA) is 81.3 Å². The van der Waals surface area contributed by atoms with Crippen molar-refractivity contribution in [2.45, 2.75) is 19.8 Å². The van der Waals surface area contributed by atoms with E-state index in [-0.39, 0.29) is 0 Å². The molecule has 2 aromatic heterocycles. The first-order chi connectivity index (χ1) is 18.1. The number of methoxy groups -OCH3 is 1. The third-order valence-corrected chi connectivity index (χ3v) is 6.79. The third-order valence-electron chi connectivity index (χ3n) is 6.51. The fourth-order valence-corrected chi connectivity index (χ4v) is 4.63. The lowest BCUT2D eigenvalue weighted by atomic mass is 10.1. The SMILES string of the molecule is COc1ccc2c(Nc3ccc(C(C)=NOCCCCN4CCOCC4)cc3)c3c(Cl)coc3nc2c1. The number of rotatable bonds is 10. The average molecular weight is 523 g/mol. The van der Waals surface area contributed by atoms with Gasteiger partial charge in [-0.1, -0.05) is 28.9 Å². The Morgan fingerprint density at radius 3 is 2.73 bits per heavy atom. The van der Waals surface area contributed by atoms with Crippen LogP contribution in [0.4, 0.5) is 11.4 Å². The number of unbranched alkanes of at least 4 members (excludes halogenated alkanes) is 1. The molecule has 0 radical (unpaired) electrons. The minimum atomic E-state index is 0.468. The monoisotopic (exact) mass is 522 g/mol. The standard InChI is InChI=1S/C28H31ClN4O4/c1-19(32-37-14-4-3-11-33-12-15-35-16-13-33)20-5-7-21(8-6-20)30-27-23-10-9-22(34-2)17-25(23)31-28-26(27)24(29)18-36-28/h5-10,17-18H,3-4,11-16H2,1-2H3,(H,30,31). The van der Waals surface area contributed by atoms with Crippen molar-refractivity contribution < 1.29 is 18.7 Å². The highest BCUT2D eigenvalue weighted by atomic mass is 35.5. The molecule has 0 saturated carbocycles. The molecular formula is C28H31ClN4O4. The van der Waals surface area contributed by atoms with E-state index in [1.807, 2.05) is 49.4 Å². The predicted molar refractivity (Wildman–Crippen MR) is 147 cm³/mol. The molecule has 1 saturated heterocycles. The summed E-state index contributed by atoms with van der Waals surface area (Å²) < 4.78 is 16.3. The van der Waals surface area contributed by atoms with Crippen molar-refractivity contribution in [3.8, 4) is 5.75 Å². The molecule has 4 aromatic rings. The number of furan rings is 1. The molecule has 2 aromatic carbocycles. The molecule has 194 valence electrons. The average Bonchev–Trinajstić information content (AvgIpc) is 3.31. The molecule has 0 aliphatic carbocycles. The first-order valence-corrected chi connectivity index (χ1v) is 12.9. The van der Waals surface area contributed by atoms with Crippen molar-refractivity contribution in [1.82, 2.24) is 9.88 Å². The largest absolute Gasteiger partial charge is 0.497 e. The molecule has 37 heavy (non-hydrogen) atoms. The molecule has 3 heterocycles. The molecule has 5 rings (SSSR count). The zero-order chi connectivity index (χ0) is 25.6.